The summed E-state index contributed by atoms with van der Waals surface area (Å²) in [6.45, 7) is 0.408. The predicted molar refractivity (Wildman–Crippen MR) is 93.3 cm³/mol. The minimum Gasteiger partial charge on any atom is -0.480 e. The van der Waals surface area contributed by atoms with Crippen LogP contribution < -0.4 is 10.6 Å². The summed E-state index contributed by atoms with van der Waals surface area (Å²) in [4.78, 5) is 23.2. The van der Waals surface area contributed by atoms with Gasteiger partial charge in [0.15, 0.2) is 0 Å². The van der Waals surface area contributed by atoms with Crippen molar-refractivity contribution >= 4 is 23.6 Å². The second-order valence-corrected chi connectivity index (χ2v) is 5.79. The van der Waals surface area contributed by atoms with Gasteiger partial charge in [-0.05, 0) is 29.7 Å². The number of nitrogens with one attached hydrogen (secondary N) is 2. The van der Waals surface area contributed by atoms with Crippen LogP contribution in [0.25, 0.3) is 0 Å². The van der Waals surface area contributed by atoms with Crippen molar-refractivity contribution < 1.29 is 14.7 Å². The van der Waals surface area contributed by atoms with Gasteiger partial charge in [-0.3, -0.25) is 0 Å². The van der Waals surface area contributed by atoms with Crippen LogP contribution in [0.2, 0.25) is 5.02 Å². The van der Waals surface area contributed by atoms with E-state index < -0.39 is 18.0 Å². The van der Waals surface area contributed by atoms with Gasteiger partial charge in [-0.2, -0.15) is 0 Å². The number of carboxylic acid groups (broad SMARTS) is 1. The summed E-state index contributed by atoms with van der Waals surface area (Å²) >= 11 is 5.81. The fourth-order valence-electron chi connectivity index (χ4n) is 2.23. The van der Waals surface area contributed by atoms with Crippen molar-refractivity contribution in [2.24, 2.45) is 0 Å². The number of benzene rings is 2. The summed E-state index contributed by atoms with van der Waals surface area (Å²) in [6, 6.07) is 15.1. The van der Waals surface area contributed by atoms with E-state index in [1.807, 2.05) is 42.5 Å². The van der Waals surface area contributed by atoms with Crippen molar-refractivity contribution in [2.45, 2.75) is 18.9 Å². The Kier molecular flexibility index (Phi) is 6.63. The van der Waals surface area contributed by atoms with Crippen molar-refractivity contribution in [1.29, 1.82) is 0 Å². The highest BCUT2D eigenvalue weighted by molar-refractivity contribution is 6.30. The maximum atomic E-state index is 11.9. The number of rotatable bonds is 7. The highest BCUT2D eigenvalue weighted by Crippen LogP contribution is 2.09. The molecule has 0 heterocycles. The minimum atomic E-state index is -1.06. The van der Waals surface area contributed by atoms with E-state index in [2.05, 4.69) is 10.6 Å². The highest BCUT2D eigenvalue weighted by Gasteiger charge is 2.20. The van der Waals surface area contributed by atoms with Crippen LogP contribution in [0.1, 0.15) is 11.1 Å². The monoisotopic (exact) mass is 346 g/mol. The van der Waals surface area contributed by atoms with Crippen LogP contribution in [-0.4, -0.2) is 29.7 Å². The molecule has 2 amide bonds. The van der Waals surface area contributed by atoms with E-state index in [4.69, 9.17) is 11.6 Å². The molecule has 2 aromatic carbocycles. The molecule has 126 valence electrons. The molecule has 5 nitrogen and oxygen atoms in total. The zero-order valence-electron chi connectivity index (χ0n) is 13.0. The molecule has 0 aliphatic rings. The molecule has 24 heavy (non-hydrogen) atoms. The summed E-state index contributed by atoms with van der Waals surface area (Å²) in [5.41, 5.74) is 1.89. The number of hydrogen-bond donors (Lipinski definition) is 3. The van der Waals surface area contributed by atoms with Gasteiger partial charge in [-0.15, -0.1) is 0 Å². The Balaban J connectivity index is 1.80. The van der Waals surface area contributed by atoms with E-state index in [1.54, 1.807) is 12.1 Å². The largest absolute Gasteiger partial charge is 0.480 e. The molecule has 6 heteroatoms. The molecule has 0 aliphatic carbocycles. The van der Waals surface area contributed by atoms with Gasteiger partial charge in [0.2, 0.25) is 0 Å². The average Bonchev–Trinajstić information content (AvgIpc) is 2.57. The van der Waals surface area contributed by atoms with Gasteiger partial charge in [0.1, 0.15) is 6.04 Å². The van der Waals surface area contributed by atoms with Crippen LogP contribution in [0.5, 0.6) is 0 Å². The van der Waals surface area contributed by atoms with E-state index in [0.29, 0.717) is 18.0 Å². The summed E-state index contributed by atoms with van der Waals surface area (Å²) in [5, 5.41) is 15.1. The molecule has 0 saturated heterocycles. The Morgan fingerprint density at radius 1 is 1.00 bits per heavy atom. The third-order valence-corrected chi connectivity index (χ3v) is 3.75. The van der Waals surface area contributed by atoms with Gasteiger partial charge in [-0.25, -0.2) is 9.59 Å². The molecular formula is C18H19ClN2O3. The number of aliphatic carboxylic acids is 1. The van der Waals surface area contributed by atoms with Crippen molar-refractivity contribution in [2.75, 3.05) is 6.54 Å². The Labute approximate surface area is 145 Å². The highest BCUT2D eigenvalue weighted by atomic mass is 35.5. The quantitative estimate of drug-likeness (QED) is 0.721. The lowest BCUT2D eigenvalue weighted by atomic mass is 10.1. The molecule has 1 atom stereocenters. The van der Waals surface area contributed by atoms with Crippen LogP contribution in [0.15, 0.2) is 54.6 Å². The van der Waals surface area contributed by atoms with E-state index >= 15 is 0 Å². The molecule has 0 unspecified atom stereocenters. The lowest BCUT2D eigenvalue weighted by molar-refractivity contribution is -0.139. The second kappa shape index (κ2) is 8.93. The van der Waals surface area contributed by atoms with Crippen LogP contribution in [0, 0.1) is 0 Å². The number of halogens is 1. The van der Waals surface area contributed by atoms with Crippen LogP contribution in [0.3, 0.4) is 0 Å². The second-order valence-electron chi connectivity index (χ2n) is 5.36. The zero-order valence-corrected chi connectivity index (χ0v) is 13.8. The molecule has 0 spiro atoms. The number of carbonyl (C=O) groups is 2. The van der Waals surface area contributed by atoms with Crippen LogP contribution in [0.4, 0.5) is 4.79 Å². The Morgan fingerprint density at radius 2 is 1.67 bits per heavy atom. The first-order valence-electron chi connectivity index (χ1n) is 7.60. The third kappa shape index (κ3) is 5.93. The molecule has 3 N–H and O–H groups in total. The molecule has 0 fully saturated rings. The third-order valence-electron chi connectivity index (χ3n) is 3.50. The molecule has 0 bridgehead atoms. The van der Waals surface area contributed by atoms with Gasteiger partial charge in [0.25, 0.3) is 0 Å². The Hall–Kier alpha value is -2.53. The van der Waals surface area contributed by atoms with E-state index in [1.165, 1.54) is 0 Å². The number of carbonyl (C=O) groups excluding carboxylic acids is 1. The number of amides is 2. The van der Waals surface area contributed by atoms with Gasteiger partial charge in [-0.1, -0.05) is 54.1 Å². The first kappa shape index (κ1) is 17.8. The summed E-state index contributed by atoms with van der Waals surface area (Å²) in [7, 11) is 0. The maximum Gasteiger partial charge on any atom is 0.326 e. The molecule has 0 aliphatic heterocycles. The number of urea groups is 1. The molecule has 0 saturated carbocycles. The zero-order chi connectivity index (χ0) is 17.4. The van der Waals surface area contributed by atoms with Gasteiger partial charge < -0.3 is 15.7 Å². The van der Waals surface area contributed by atoms with Crippen molar-refractivity contribution in [3.8, 4) is 0 Å². The predicted octanol–water partition coefficient (Wildman–Crippen LogP) is 2.88. The first-order valence-corrected chi connectivity index (χ1v) is 7.98. The molecular weight excluding hydrogens is 328 g/mol. The maximum absolute atomic E-state index is 11.9. The topological polar surface area (TPSA) is 78.4 Å². The van der Waals surface area contributed by atoms with Gasteiger partial charge in [0, 0.05) is 18.0 Å². The number of hydrogen-bond acceptors (Lipinski definition) is 2. The molecule has 2 rings (SSSR count). The standard InChI is InChI=1S/C18H19ClN2O3/c19-15-8-6-13(7-9-15)10-11-20-18(24)21-16(17(22)23)12-14-4-2-1-3-5-14/h1-9,16H,10-12H2,(H,22,23)(H2,20,21,24)/t16-/m0/s1. The van der Waals surface area contributed by atoms with Gasteiger partial charge in [0.05, 0.1) is 0 Å². The SMILES string of the molecule is O=C(NCCc1ccc(Cl)cc1)N[C@@H](Cc1ccccc1)C(=O)O. The fraction of sp³-hybridized carbons (Fsp3) is 0.222. The average molecular weight is 347 g/mol. The fourth-order valence-corrected chi connectivity index (χ4v) is 2.36. The van der Waals surface area contributed by atoms with Gasteiger partial charge >= 0.3 is 12.0 Å². The molecule has 0 aromatic heterocycles. The van der Waals surface area contributed by atoms with Crippen LogP contribution >= 0.6 is 11.6 Å². The van der Waals surface area contributed by atoms with Crippen LogP contribution in [-0.2, 0) is 17.6 Å². The smallest absolute Gasteiger partial charge is 0.326 e. The lowest BCUT2D eigenvalue weighted by Gasteiger charge is -2.15. The normalized spacial score (nSPS) is 11.5. The van der Waals surface area contributed by atoms with Crippen molar-refractivity contribution in [3.63, 3.8) is 0 Å². The number of carboxylic acids is 1. The summed E-state index contributed by atoms with van der Waals surface area (Å²) in [6.07, 6.45) is 0.877. The lowest BCUT2D eigenvalue weighted by Crippen LogP contribution is -2.47. The van der Waals surface area contributed by atoms with E-state index in [-0.39, 0.29) is 6.42 Å². The van der Waals surface area contributed by atoms with E-state index in [0.717, 1.165) is 11.1 Å². The molecule has 2 aromatic rings. The van der Waals surface area contributed by atoms with Crippen molar-refractivity contribution in [1.82, 2.24) is 10.6 Å². The summed E-state index contributed by atoms with van der Waals surface area (Å²) in [5.74, 6) is -1.06. The first-order chi connectivity index (χ1) is 11.5. The Bertz CT molecular complexity index is 674. The summed E-state index contributed by atoms with van der Waals surface area (Å²) < 4.78 is 0. The van der Waals surface area contributed by atoms with Crippen molar-refractivity contribution in [3.05, 3.63) is 70.7 Å². The minimum absolute atomic E-state index is 0.237. The molecule has 0 radical (unpaired) electrons. The van der Waals surface area contributed by atoms with E-state index in [9.17, 15) is 14.7 Å². The Morgan fingerprint density at radius 3 is 2.29 bits per heavy atom.